The maximum Gasteiger partial charge on any atom is 0.241 e. The van der Waals surface area contributed by atoms with E-state index in [1.54, 1.807) is 6.07 Å². The molecule has 3 aromatic rings. The van der Waals surface area contributed by atoms with Gasteiger partial charge in [0.15, 0.2) is 0 Å². The first kappa shape index (κ1) is 18.9. The van der Waals surface area contributed by atoms with Crippen LogP contribution < -0.4 is 9.62 Å². The van der Waals surface area contributed by atoms with Gasteiger partial charge in [-0.3, -0.25) is 4.90 Å². The van der Waals surface area contributed by atoms with Crippen LogP contribution in [0, 0.1) is 0 Å². The Balaban J connectivity index is 1.50. The van der Waals surface area contributed by atoms with E-state index in [4.69, 9.17) is 0 Å². The second-order valence-electron chi connectivity index (χ2n) is 7.52. The summed E-state index contributed by atoms with van der Waals surface area (Å²) in [6.07, 6.45) is 0. The third-order valence-corrected chi connectivity index (χ3v) is 6.74. The number of benzene rings is 3. The highest BCUT2D eigenvalue weighted by molar-refractivity contribution is 7.89. The lowest BCUT2D eigenvalue weighted by Gasteiger charge is -2.39. The van der Waals surface area contributed by atoms with Crippen LogP contribution in [-0.2, 0) is 16.6 Å². The molecular weight excluding hydrogens is 370 g/mol. The van der Waals surface area contributed by atoms with Crippen molar-refractivity contribution in [2.24, 2.45) is 0 Å². The monoisotopic (exact) mass is 395 g/mol. The number of rotatable bonds is 6. The molecule has 1 N–H and O–H groups in total. The van der Waals surface area contributed by atoms with Crippen LogP contribution in [-0.4, -0.2) is 46.5 Å². The van der Waals surface area contributed by atoms with Gasteiger partial charge in [0, 0.05) is 56.2 Å². The molecule has 0 amide bonds. The van der Waals surface area contributed by atoms with Gasteiger partial charge in [0.25, 0.3) is 0 Å². The van der Waals surface area contributed by atoms with E-state index in [0.29, 0.717) is 4.90 Å². The first-order chi connectivity index (χ1) is 13.4. The second-order valence-corrected chi connectivity index (χ2v) is 9.20. The SMILES string of the molecule is CN(C)c1cccc2c(S(=O)(=O)NC3CN(Cc4ccccc4)C3)cccc12. The maximum atomic E-state index is 13.1. The van der Waals surface area contributed by atoms with Gasteiger partial charge in [0.1, 0.15) is 0 Å². The Morgan fingerprint density at radius 3 is 2.32 bits per heavy atom. The average Bonchev–Trinajstić information content (AvgIpc) is 2.66. The summed E-state index contributed by atoms with van der Waals surface area (Å²) in [6, 6.07) is 21.4. The van der Waals surface area contributed by atoms with Crippen LogP contribution in [0.1, 0.15) is 5.56 Å². The summed E-state index contributed by atoms with van der Waals surface area (Å²) < 4.78 is 29.0. The molecule has 0 aliphatic carbocycles. The lowest BCUT2D eigenvalue weighted by Crippen LogP contribution is -2.58. The van der Waals surface area contributed by atoms with E-state index in [2.05, 4.69) is 21.8 Å². The molecular formula is C22H25N3O2S. The summed E-state index contributed by atoms with van der Waals surface area (Å²) in [5.41, 5.74) is 2.25. The van der Waals surface area contributed by atoms with Gasteiger partial charge < -0.3 is 4.90 Å². The summed E-state index contributed by atoms with van der Waals surface area (Å²) >= 11 is 0. The molecule has 0 bridgehead atoms. The molecule has 0 aromatic heterocycles. The lowest BCUT2D eigenvalue weighted by atomic mass is 10.1. The van der Waals surface area contributed by atoms with Gasteiger partial charge in [0.05, 0.1) is 4.90 Å². The molecule has 6 heteroatoms. The third kappa shape index (κ3) is 3.76. The first-order valence-corrected chi connectivity index (χ1v) is 10.9. The topological polar surface area (TPSA) is 52.7 Å². The van der Waals surface area contributed by atoms with Gasteiger partial charge >= 0.3 is 0 Å². The highest BCUT2D eigenvalue weighted by Crippen LogP contribution is 2.30. The Bertz CT molecular complexity index is 1080. The van der Waals surface area contributed by atoms with Crippen molar-refractivity contribution in [3.8, 4) is 0 Å². The van der Waals surface area contributed by atoms with Crippen LogP contribution >= 0.6 is 0 Å². The number of nitrogens with one attached hydrogen (secondary N) is 1. The molecule has 1 saturated heterocycles. The number of hydrogen-bond acceptors (Lipinski definition) is 4. The Morgan fingerprint density at radius 1 is 0.929 bits per heavy atom. The van der Waals surface area contributed by atoms with Crippen molar-refractivity contribution in [1.29, 1.82) is 0 Å². The van der Waals surface area contributed by atoms with Crippen molar-refractivity contribution in [3.63, 3.8) is 0 Å². The van der Waals surface area contributed by atoms with Crippen LogP contribution in [0.15, 0.2) is 71.6 Å². The van der Waals surface area contributed by atoms with Gasteiger partial charge in [-0.1, -0.05) is 54.6 Å². The van der Waals surface area contributed by atoms with Gasteiger partial charge in [-0.05, 0) is 17.7 Å². The Morgan fingerprint density at radius 2 is 1.61 bits per heavy atom. The van der Waals surface area contributed by atoms with E-state index in [0.717, 1.165) is 36.1 Å². The minimum Gasteiger partial charge on any atom is -0.377 e. The van der Waals surface area contributed by atoms with Crippen LogP contribution in [0.2, 0.25) is 0 Å². The van der Waals surface area contributed by atoms with E-state index >= 15 is 0 Å². The molecule has 4 rings (SSSR count). The quantitative estimate of drug-likeness (QED) is 0.697. The largest absolute Gasteiger partial charge is 0.377 e. The van der Waals surface area contributed by atoms with Gasteiger partial charge in [-0.15, -0.1) is 0 Å². The molecule has 28 heavy (non-hydrogen) atoms. The lowest BCUT2D eigenvalue weighted by molar-refractivity contribution is 0.132. The first-order valence-electron chi connectivity index (χ1n) is 9.42. The molecule has 1 aliphatic heterocycles. The van der Waals surface area contributed by atoms with Crippen molar-refractivity contribution in [1.82, 2.24) is 9.62 Å². The molecule has 0 unspecified atom stereocenters. The molecule has 5 nitrogen and oxygen atoms in total. The Hall–Kier alpha value is -2.41. The zero-order chi connectivity index (χ0) is 19.7. The van der Waals surface area contributed by atoms with Crippen molar-refractivity contribution >= 4 is 26.5 Å². The average molecular weight is 396 g/mol. The zero-order valence-electron chi connectivity index (χ0n) is 16.2. The Labute approximate surface area is 166 Å². The molecule has 1 aliphatic rings. The van der Waals surface area contributed by atoms with Crippen LogP contribution in [0.5, 0.6) is 0 Å². The fourth-order valence-corrected chi connectivity index (χ4v) is 5.23. The van der Waals surface area contributed by atoms with E-state index < -0.39 is 10.0 Å². The molecule has 0 atom stereocenters. The fourth-order valence-electron chi connectivity index (χ4n) is 3.79. The molecule has 1 fully saturated rings. The summed E-state index contributed by atoms with van der Waals surface area (Å²) in [4.78, 5) is 4.59. The summed E-state index contributed by atoms with van der Waals surface area (Å²) in [5.74, 6) is 0. The number of anilines is 1. The minimum atomic E-state index is -3.58. The number of likely N-dealkylation sites (tertiary alicyclic amines) is 1. The van der Waals surface area contributed by atoms with Gasteiger partial charge in [0.2, 0.25) is 10.0 Å². The molecule has 1 heterocycles. The van der Waals surface area contributed by atoms with Crippen molar-refractivity contribution in [3.05, 3.63) is 72.3 Å². The van der Waals surface area contributed by atoms with Crippen molar-refractivity contribution < 1.29 is 8.42 Å². The summed E-state index contributed by atoms with van der Waals surface area (Å²) in [7, 11) is 0.343. The number of nitrogens with zero attached hydrogens (tertiary/aromatic N) is 2. The second kappa shape index (κ2) is 7.54. The predicted octanol–water partition coefficient (Wildman–Crippen LogP) is 3.07. The Kier molecular flexibility index (Phi) is 5.10. The molecule has 3 aromatic carbocycles. The summed E-state index contributed by atoms with van der Waals surface area (Å²) in [5, 5.41) is 1.69. The number of hydrogen-bond donors (Lipinski definition) is 1. The van der Waals surface area contributed by atoms with Crippen LogP contribution in [0.25, 0.3) is 10.8 Å². The molecule has 0 spiro atoms. The summed E-state index contributed by atoms with van der Waals surface area (Å²) in [6.45, 7) is 2.29. The normalized spacial score (nSPS) is 15.5. The van der Waals surface area contributed by atoms with Crippen LogP contribution in [0.3, 0.4) is 0 Å². The predicted molar refractivity (Wildman–Crippen MR) is 114 cm³/mol. The van der Waals surface area contributed by atoms with Gasteiger partial charge in [-0.25, -0.2) is 13.1 Å². The van der Waals surface area contributed by atoms with E-state index in [1.165, 1.54) is 5.56 Å². The third-order valence-electron chi connectivity index (χ3n) is 5.16. The zero-order valence-corrected chi connectivity index (χ0v) is 17.0. The standard InChI is InChI=1S/C22H25N3O2S/c1-24(2)21-12-6-11-20-19(21)10-7-13-22(20)28(26,27)23-18-15-25(16-18)14-17-8-4-3-5-9-17/h3-13,18,23H,14-16H2,1-2H3. The van der Waals surface area contributed by atoms with Crippen molar-refractivity contribution in [2.45, 2.75) is 17.5 Å². The van der Waals surface area contributed by atoms with E-state index in [-0.39, 0.29) is 6.04 Å². The highest BCUT2D eigenvalue weighted by atomic mass is 32.2. The van der Waals surface area contributed by atoms with E-state index in [1.807, 2.05) is 67.5 Å². The van der Waals surface area contributed by atoms with Crippen molar-refractivity contribution in [2.75, 3.05) is 32.1 Å². The van der Waals surface area contributed by atoms with Crippen LogP contribution in [0.4, 0.5) is 5.69 Å². The smallest absolute Gasteiger partial charge is 0.241 e. The molecule has 0 saturated carbocycles. The number of sulfonamides is 1. The molecule has 0 radical (unpaired) electrons. The van der Waals surface area contributed by atoms with Gasteiger partial charge in [-0.2, -0.15) is 0 Å². The van der Waals surface area contributed by atoms with E-state index in [9.17, 15) is 8.42 Å². The highest BCUT2D eigenvalue weighted by Gasteiger charge is 2.31. The molecule has 146 valence electrons. The fraction of sp³-hybridized carbons (Fsp3) is 0.273. The number of fused-ring (bicyclic) bond motifs is 1. The minimum absolute atomic E-state index is 0.0546. The maximum absolute atomic E-state index is 13.1.